The Morgan fingerprint density at radius 3 is 2.94 bits per heavy atom. The van der Waals surface area contributed by atoms with Crippen molar-refractivity contribution in [3.8, 4) is 0 Å². The van der Waals surface area contributed by atoms with E-state index in [4.69, 9.17) is 11.6 Å². The molecule has 2 aliphatic rings. The Hall–Kier alpha value is -0.570. The minimum absolute atomic E-state index is 0.422. The second-order valence-electron chi connectivity index (χ2n) is 5.08. The van der Waals surface area contributed by atoms with Gasteiger partial charge in [-0.1, -0.05) is 23.7 Å². The van der Waals surface area contributed by atoms with E-state index in [9.17, 15) is 0 Å². The molecule has 0 saturated carbocycles. The third-order valence-corrected chi connectivity index (χ3v) is 4.25. The molecule has 17 heavy (non-hydrogen) atoms. The first-order chi connectivity index (χ1) is 8.34. The van der Waals surface area contributed by atoms with E-state index in [1.165, 1.54) is 37.1 Å². The SMILES string of the molecule is Clc1cccc2c1C(CN1CCCC1)NCC2. The van der Waals surface area contributed by atoms with Crippen LogP contribution in [0.15, 0.2) is 18.2 Å². The molecule has 3 rings (SSSR count). The molecule has 1 saturated heterocycles. The van der Waals surface area contributed by atoms with Crippen LogP contribution >= 0.6 is 11.6 Å². The molecule has 2 heterocycles. The maximum atomic E-state index is 6.36. The number of halogens is 1. The smallest absolute Gasteiger partial charge is 0.0467 e. The molecule has 0 bridgehead atoms. The fraction of sp³-hybridized carbons (Fsp3) is 0.571. The Labute approximate surface area is 108 Å². The van der Waals surface area contributed by atoms with Crippen LogP contribution < -0.4 is 5.32 Å². The van der Waals surface area contributed by atoms with Crippen molar-refractivity contribution in [3.63, 3.8) is 0 Å². The third kappa shape index (κ3) is 2.35. The van der Waals surface area contributed by atoms with Crippen molar-refractivity contribution < 1.29 is 0 Å². The van der Waals surface area contributed by atoms with Gasteiger partial charge in [-0.15, -0.1) is 0 Å². The number of fused-ring (bicyclic) bond motifs is 1. The van der Waals surface area contributed by atoms with Gasteiger partial charge in [-0.25, -0.2) is 0 Å². The number of benzene rings is 1. The lowest BCUT2D eigenvalue weighted by Gasteiger charge is -2.31. The van der Waals surface area contributed by atoms with Gasteiger partial charge in [0.25, 0.3) is 0 Å². The van der Waals surface area contributed by atoms with Crippen molar-refractivity contribution in [2.75, 3.05) is 26.2 Å². The Bertz CT molecular complexity index is 399. The first-order valence-corrected chi connectivity index (χ1v) is 6.95. The largest absolute Gasteiger partial charge is 0.308 e. The summed E-state index contributed by atoms with van der Waals surface area (Å²) in [7, 11) is 0. The molecule has 0 spiro atoms. The highest BCUT2D eigenvalue weighted by Crippen LogP contribution is 2.30. The Morgan fingerprint density at radius 1 is 1.29 bits per heavy atom. The predicted molar refractivity (Wildman–Crippen MR) is 71.6 cm³/mol. The minimum atomic E-state index is 0.422. The summed E-state index contributed by atoms with van der Waals surface area (Å²) in [5.41, 5.74) is 2.77. The van der Waals surface area contributed by atoms with Crippen LogP contribution in [0.4, 0.5) is 0 Å². The van der Waals surface area contributed by atoms with Gasteiger partial charge in [0, 0.05) is 17.6 Å². The monoisotopic (exact) mass is 250 g/mol. The first kappa shape index (κ1) is 11.5. The molecule has 0 aromatic heterocycles. The second-order valence-corrected chi connectivity index (χ2v) is 5.48. The summed E-state index contributed by atoms with van der Waals surface area (Å²) in [6.45, 7) is 4.68. The van der Waals surface area contributed by atoms with Gasteiger partial charge in [0.1, 0.15) is 0 Å². The van der Waals surface area contributed by atoms with Crippen molar-refractivity contribution in [1.82, 2.24) is 10.2 Å². The molecular weight excluding hydrogens is 232 g/mol. The molecule has 1 N–H and O–H groups in total. The minimum Gasteiger partial charge on any atom is -0.308 e. The number of rotatable bonds is 2. The van der Waals surface area contributed by atoms with Gasteiger partial charge in [0.15, 0.2) is 0 Å². The molecule has 0 radical (unpaired) electrons. The van der Waals surface area contributed by atoms with Gasteiger partial charge in [-0.2, -0.15) is 0 Å². The molecule has 2 aliphatic heterocycles. The molecular formula is C14H19ClN2. The van der Waals surface area contributed by atoms with Gasteiger partial charge in [-0.3, -0.25) is 0 Å². The second kappa shape index (κ2) is 4.97. The van der Waals surface area contributed by atoms with Gasteiger partial charge in [-0.05, 0) is 56.1 Å². The molecule has 3 heteroatoms. The van der Waals surface area contributed by atoms with Crippen LogP contribution in [0.3, 0.4) is 0 Å². The van der Waals surface area contributed by atoms with Crippen molar-refractivity contribution in [1.29, 1.82) is 0 Å². The Kier molecular flexibility index (Phi) is 3.37. The van der Waals surface area contributed by atoms with Crippen LogP contribution in [0.2, 0.25) is 5.02 Å². The molecule has 1 atom stereocenters. The maximum Gasteiger partial charge on any atom is 0.0467 e. The summed E-state index contributed by atoms with van der Waals surface area (Å²) < 4.78 is 0. The highest BCUT2D eigenvalue weighted by atomic mass is 35.5. The summed E-state index contributed by atoms with van der Waals surface area (Å²) in [6, 6.07) is 6.73. The van der Waals surface area contributed by atoms with Gasteiger partial charge in [0.05, 0.1) is 0 Å². The van der Waals surface area contributed by atoms with Gasteiger partial charge < -0.3 is 10.2 Å². The normalized spacial score (nSPS) is 24.9. The maximum absolute atomic E-state index is 6.36. The first-order valence-electron chi connectivity index (χ1n) is 6.57. The summed E-state index contributed by atoms with van der Waals surface area (Å²) >= 11 is 6.36. The number of likely N-dealkylation sites (tertiary alicyclic amines) is 1. The van der Waals surface area contributed by atoms with E-state index in [1.54, 1.807) is 0 Å². The number of nitrogens with one attached hydrogen (secondary N) is 1. The Morgan fingerprint density at radius 2 is 2.12 bits per heavy atom. The summed E-state index contributed by atoms with van der Waals surface area (Å²) in [4.78, 5) is 2.55. The lowest BCUT2D eigenvalue weighted by Crippen LogP contribution is -2.38. The summed E-state index contributed by atoms with van der Waals surface area (Å²) in [5, 5.41) is 4.55. The summed E-state index contributed by atoms with van der Waals surface area (Å²) in [6.07, 6.45) is 3.80. The Balaban J connectivity index is 1.83. The number of hydrogen-bond donors (Lipinski definition) is 1. The molecule has 1 aromatic carbocycles. The number of nitrogens with zero attached hydrogens (tertiary/aromatic N) is 1. The molecule has 0 aliphatic carbocycles. The number of hydrogen-bond acceptors (Lipinski definition) is 2. The average Bonchev–Trinajstić information content (AvgIpc) is 2.82. The van der Waals surface area contributed by atoms with Crippen molar-refractivity contribution >= 4 is 11.6 Å². The van der Waals surface area contributed by atoms with Gasteiger partial charge >= 0.3 is 0 Å². The fourth-order valence-corrected chi connectivity index (χ4v) is 3.38. The van der Waals surface area contributed by atoms with Crippen LogP contribution in [-0.4, -0.2) is 31.1 Å². The third-order valence-electron chi connectivity index (χ3n) is 3.92. The van der Waals surface area contributed by atoms with Crippen molar-refractivity contribution in [2.24, 2.45) is 0 Å². The van der Waals surface area contributed by atoms with Crippen LogP contribution in [0, 0.1) is 0 Å². The zero-order valence-electron chi connectivity index (χ0n) is 10.1. The zero-order chi connectivity index (χ0) is 11.7. The van der Waals surface area contributed by atoms with E-state index in [0.29, 0.717) is 6.04 Å². The molecule has 92 valence electrons. The van der Waals surface area contributed by atoms with Crippen LogP contribution in [0.1, 0.15) is 30.0 Å². The predicted octanol–water partition coefficient (Wildman–Crippen LogP) is 2.62. The topological polar surface area (TPSA) is 15.3 Å². The van der Waals surface area contributed by atoms with E-state index < -0.39 is 0 Å². The standard InChI is InChI=1S/C14H19ClN2/c15-12-5-3-4-11-6-7-16-13(14(11)12)10-17-8-1-2-9-17/h3-5,13,16H,1-2,6-10H2. The molecule has 2 nitrogen and oxygen atoms in total. The fourth-order valence-electron chi connectivity index (χ4n) is 3.05. The zero-order valence-corrected chi connectivity index (χ0v) is 10.8. The van der Waals surface area contributed by atoms with Crippen molar-refractivity contribution in [2.45, 2.75) is 25.3 Å². The van der Waals surface area contributed by atoms with E-state index >= 15 is 0 Å². The quantitative estimate of drug-likeness (QED) is 0.868. The van der Waals surface area contributed by atoms with Crippen molar-refractivity contribution in [3.05, 3.63) is 34.3 Å². The highest BCUT2D eigenvalue weighted by Gasteiger charge is 2.25. The summed E-state index contributed by atoms with van der Waals surface area (Å²) in [5.74, 6) is 0. The lowest BCUT2D eigenvalue weighted by molar-refractivity contribution is 0.287. The van der Waals surface area contributed by atoms with E-state index in [-0.39, 0.29) is 0 Å². The van der Waals surface area contributed by atoms with Gasteiger partial charge in [0.2, 0.25) is 0 Å². The van der Waals surface area contributed by atoms with E-state index in [1.807, 2.05) is 6.07 Å². The van der Waals surface area contributed by atoms with E-state index in [0.717, 1.165) is 24.5 Å². The molecule has 1 aromatic rings. The average molecular weight is 251 g/mol. The van der Waals surface area contributed by atoms with Crippen LogP contribution in [0.25, 0.3) is 0 Å². The molecule has 1 unspecified atom stereocenters. The van der Waals surface area contributed by atoms with Crippen LogP contribution in [-0.2, 0) is 6.42 Å². The van der Waals surface area contributed by atoms with Crippen LogP contribution in [0.5, 0.6) is 0 Å². The molecule has 1 fully saturated rings. The highest BCUT2D eigenvalue weighted by molar-refractivity contribution is 6.31. The van der Waals surface area contributed by atoms with E-state index in [2.05, 4.69) is 22.3 Å². The molecule has 0 amide bonds. The lowest BCUT2D eigenvalue weighted by atomic mass is 9.94.